The summed E-state index contributed by atoms with van der Waals surface area (Å²) in [6.07, 6.45) is 4.60. The largest absolute Gasteiger partial charge is 0.490 e. The SMILES string of the molecule is CCOc1ccccc1Oc1ccc(CNCC2CC2)cn1. The number of pyridine rings is 1. The molecule has 116 valence electrons. The van der Waals surface area contributed by atoms with E-state index in [9.17, 15) is 0 Å². The van der Waals surface area contributed by atoms with E-state index in [1.54, 1.807) is 0 Å². The van der Waals surface area contributed by atoms with E-state index in [-0.39, 0.29) is 0 Å². The number of aromatic nitrogens is 1. The van der Waals surface area contributed by atoms with E-state index in [1.165, 1.54) is 18.4 Å². The van der Waals surface area contributed by atoms with Crippen LogP contribution in [0.25, 0.3) is 0 Å². The lowest BCUT2D eigenvalue weighted by molar-refractivity contribution is 0.319. The van der Waals surface area contributed by atoms with Crippen molar-refractivity contribution in [1.29, 1.82) is 0 Å². The third-order valence-electron chi connectivity index (χ3n) is 3.62. The minimum absolute atomic E-state index is 0.582. The molecule has 1 N–H and O–H groups in total. The van der Waals surface area contributed by atoms with Crippen molar-refractivity contribution in [2.24, 2.45) is 5.92 Å². The van der Waals surface area contributed by atoms with Gasteiger partial charge < -0.3 is 14.8 Å². The van der Waals surface area contributed by atoms with Gasteiger partial charge in [0.05, 0.1) is 6.61 Å². The Labute approximate surface area is 131 Å². The second kappa shape index (κ2) is 7.27. The molecule has 0 unspecified atom stereocenters. The minimum atomic E-state index is 0.582. The third-order valence-corrected chi connectivity index (χ3v) is 3.62. The second-order valence-corrected chi connectivity index (χ2v) is 5.56. The number of hydrogen-bond acceptors (Lipinski definition) is 4. The van der Waals surface area contributed by atoms with Crippen LogP contribution in [-0.4, -0.2) is 18.1 Å². The molecule has 0 spiro atoms. The molecule has 4 heteroatoms. The van der Waals surface area contributed by atoms with Crippen molar-refractivity contribution in [3.63, 3.8) is 0 Å². The zero-order chi connectivity index (χ0) is 15.2. The van der Waals surface area contributed by atoms with Crippen LogP contribution >= 0.6 is 0 Å². The van der Waals surface area contributed by atoms with Crippen LogP contribution in [0.2, 0.25) is 0 Å². The number of ether oxygens (including phenoxy) is 2. The molecule has 1 saturated carbocycles. The first-order valence-electron chi connectivity index (χ1n) is 7.90. The Balaban J connectivity index is 1.58. The zero-order valence-corrected chi connectivity index (χ0v) is 12.9. The highest BCUT2D eigenvalue weighted by Crippen LogP contribution is 2.30. The molecule has 1 heterocycles. The van der Waals surface area contributed by atoms with Crippen LogP contribution in [0.15, 0.2) is 42.6 Å². The summed E-state index contributed by atoms with van der Waals surface area (Å²) in [5, 5.41) is 3.46. The quantitative estimate of drug-likeness (QED) is 0.805. The lowest BCUT2D eigenvalue weighted by Gasteiger charge is -2.11. The van der Waals surface area contributed by atoms with Gasteiger partial charge in [-0.05, 0) is 49.9 Å². The van der Waals surface area contributed by atoms with Gasteiger partial charge in [-0.15, -0.1) is 0 Å². The molecule has 2 aromatic rings. The normalized spacial score (nSPS) is 13.9. The summed E-state index contributed by atoms with van der Waals surface area (Å²) in [5.41, 5.74) is 1.17. The first-order valence-corrected chi connectivity index (χ1v) is 7.90. The summed E-state index contributed by atoms with van der Waals surface area (Å²) in [5.74, 6) is 2.90. The summed E-state index contributed by atoms with van der Waals surface area (Å²) in [6, 6.07) is 11.6. The van der Waals surface area contributed by atoms with Gasteiger partial charge in [0.25, 0.3) is 0 Å². The predicted molar refractivity (Wildman–Crippen MR) is 86.4 cm³/mol. The molecule has 1 aromatic heterocycles. The molecule has 4 nitrogen and oxygen atoms in total. The van der Waals surface area contributed by atoms with E-state index in [2.05, 4.69) is 10.3 Å². The molecule has 0 bridgehead atoms. The molecular weight excluding hydrogens is 276 g/mol. The molecular formula is C18H22N2O2. The fourth-order valence-corrected chi connectivity index (χ4v) is 2.24. The van der Waals surface area contributed by atoms with Crippen LogP contribution in [0, 0.1) is 5.92 Å². The maximum Gasteiger partial charge on any atom is 0.219 e. The van der Waals surface area contributed by atoms with Crippen molar-refractivity contribution in [3.05, 3.63) is 48.2 Å². The smallest absolute Gasteiger partial charge is 0.219 e. The summed E-state index contributed by atoms with van der Waals surface area (Å²) in [7, 11) is 0. The van der Waals surface area contributed by atoms with Gasteiger partial charge in [-0.2, -0.15) is 0 Å². The minimum Gasteiger partial charge on any atom is -0.490 e. The van der Waals surface area contributed by atoms with E-state index >= 15 is 0 Å². The fraction of sp³-hybridized carbons (Fsp3) is 0.389. The molecule has 0 saturated heterocycles. The molecule has 1 aliphatic rings. The van der Waals surface area contributed by atoms with Crippen molar-refractivity contribution < 1.29 is 9.47 Å². The van der Waals surface area contributed by atoms with Gasteiger partial charge in [-0.1, -0.05) is 18.2 Å². The Morgan fingerprint density at radius 1 is 1.14 bits per heavy atom. The van der Waals surface area contributed by atoms with E-state index in [1.807, 2.05) is 49.5 Å². The van der Waals surface area contributed by atoms with Gasteiger partial charge in [-0.3, -0.25) is 0 Å². The summed E-state index contributed by atoms with van der Waals surface area (Å²) >= 11 is 0. The Morgan fingerprint density at radius 2 is 1.95 bits per heavy atom. The van der Waals surface area contributed by atoms with Gasteiger partial charge in [0, 0.05) is 18.8 Å². The summed E-state index contributed by atoms with van der Waals surface area (Å²) < 4.78 is 11.4. The Bertz CT molecular complexity index is 594. The van der Waals surface area contributed by atoms with Crippen molar-refractivity contribution in [2.75, 3.05) is 13.2 Å². The average molecular weight is 298 g/mol. The predicted octanol–water partition coefficient (Wildman–Crippen LogP) is 3.77. The van der Waals surface area contributed by atoms with Gasteiger partial charge >= 0.3 is 0 Å². The Hall–Kier alpha value is -2.07. The van der Waals surface area contributed by atoms with Gasteiger partial charge in [0.1, 0.15) is 0 Å². The highest BCUT2D eigenvalue weighted by Gasteiger charge is 2.20. The number of nitrogens with one attached hydrogen (secondary N) is 1. The monoisotopic (exact) mass is 298 g/mol. The lowest BCUT2D eigenvalue weighted by Crippen LogP contribution is -2.16. The number of benzene rings is 1. The van der Waals surface area contributed by atoms with E-state index in [4.69, 9.17) is 9.47 Å². The fourth-order valence-electron chi connectivity index (χ4n) is 2.24. The van der Waals surface area contributed by atoms with Crippen LogP contribution in [0.1, 0.15) is 25.3 Å². The maximum absolute atomic E-state index is 5.81. The van der Waals surface area contributed by atoms with E-state index < -0.39 is 0 Å². The van der Waals surface area contributed by atoms with Gasteiger partial charge in [0.15, 0.2) is 11.5 Å². The highest BCUT2D eigenvalue weighted by atomic mass is 16.5. The molecule has 0 radical (unpaired) electrons. The zero-order valence-electron chi connectivity index (χ0n) is 12.9. The van der Waals surface area contributed by atoms with Crippen molar-refractivity contribution in [1.82, 2.24) is 10.3 Å². The highest BCUT2D eigenvalue weighted by molar-refractivity contribution is 5.41. The third kappa shape index (κ3) is 4.21. The molecule has 0 aliphatic heterocycles. The number of hydrogen-bond donors (Lipinski definition) is 1. The van der Waals surface area contributed by atoms with E-state index in [0.29, 0.717) is 18.2 Å². The molecule has 1 aromatic carbocycles. The van der Waals surface area contributed by atoms with Crippen molar-refractivity contribution in [2.45, 2.75) is 26.3 Å². The van der Waals surface area contributed by atoms with Crippen molar-refractivity contribution >= 4 is 0 Å². The number of nitrogens with zero attached hydrogens (tertiary/aromatic N) is 1. The van der Waals surface area contributed by atoms with Crippen molar-refractivity contribution in [3.8, 4) is 17.4 Å². The Kier molecular flexibility index (Phi) is 4.91. The number of para-hydroxylation sites is 2. The molecule has 0 atom stereocenters. The van der Waals surface area contributed by atoms with E-state index in [0.717, 1.165) is 24.8 Å². The van der Waals surface area contributed by atoms with Gasteiger partial charge in [-0.25, -0.2) is 4.98 Å². The molecule has 22 heavy (non-hydrogen) atoms. The number of rotatable bonds is 8. The summed E-state index contributed by atoms with van der Waals surface area (Å²) in [6.45, 7) is 4.54. The molecule has 1 aliphatic carbocycles. The van der Waals surface area contributed by atoms with Crippen LogP contribution in [0.4, 0.5) is 0 Å². The first kappa shape index (κ1) is 14.9. The van der Waals surface area contributed by atoms with Crippen LogP contribution in [-0.2, 0) is 6.54 Å². The van der Waals surface area contributed by atoms with Crippen LogP contribution in [0.3, 0.4) is 0 Å². The Morgan fingerprint density at radius 3 is 2.64 bits per heavy atom. The lowest BCUT2D eigenvalue weighted by atomic mass is 10.2. The topological polar surface area (TPSA) is 43.4 Å². The second-order valence-electron chi connectivity index (χ2n) is 5.56. The maximum atomic E-state index is 5.81. The van der Waals surface area contributed by atoms with Crippen LogP contribution < -0.4 is 14.8 Å². The standard InChI is InChI=1S/C18H22N2O2/c1-2-21-16-5-3-4-6-17(16)22-18-10-9-15(13-20-18)12-19-11-14-7-8-14/h3-6,9-10,13-14,19H,2,7-8,11-12H2,1H3. The molecule has 0 amide bonds. The van der Waals surface area contributed by atoms with Crippen LogP contribution in [0.5, 0.6) is 17.4 Å². The first-order chi connectivity index (χ1) is 10.8. The molecule has 3 rings (SSSR count). The molecule has 1 fully saturated rings. The van der Waals surface area contributed by atoms with Gasteiger partial charge in [0.2, 0.25) is 5.88 Å². The average Bonchev–Trinajstić information content (AvgIpc) is 3.36. The summed E-state index contributed by atoms with van der Waals surface area (Å²) in [4.78, 5) is 4.37.